The van der Waals surface area contributed by atoms with Gasteiger partial charge in [-0.15, -0.1) is 0 Å². The second-order valence-electron chi connectivity index (χ2n) is 16.2. The van der Waals surface area contributed by atoms with Crippen LogP contribution in [0.3, 0.4) is 0 Å². The molecule has 6 nitrogen and oxygen atoms in total. The third kappa shape index (κ3) is 5.24. The van der Waals surface area contributed by atoms with Crippen molar-refractivity contribution in [2.75, 3.05) is 4.90 Å². The van der Waals surface area contributed by atoms with E-state index >= 15 is 0 Å². The maximum atomic E-state index is 6.95. The van der Waals surface area contributed by atoms with Gasteiger partial charge in [0.2, 0.25) is 0 Å². The lowest BCUT2D eigenvalue weighted by atomic mass is 10.1. The van der Waals surface area contributed by atoms with E-state index in [1.54, 1.807) is 0 Å². The van der Waals surface area contributed by atoms with Crippen LogP contribution in [-0.2, 0) is 0 Å². The predicted octanol–water partition coefficient (Wildman–Crippen LogP) is 11.1. The maximum Gasteiger partial charge on any atom is 0.184 e. The van der Waals surface area contributed by atoms with Crippen LogP contribution in [0, 0.1) is 0 Å². The molecule has 5 heterocycles. The molecule has 0 bridgehead atoms. The number of rotatable bonds is 6. The van der Waals surface area contributed by atoms with Crippen LogP contribution in [0.2, 0.25) is 0 Å². The highest BCUT2D eigenvalue weighted by Gasteiger charge is 2.49. The standard InChI is InChI=1S/C56H37N5OSi/c1-4-16-38(17-5-1)60-49-25-13-11-23-45(49)46-36-52-54(37-50(46)60)63(41-18-6-2-7-19-41,42-20-8-3-9-21-42)53-30-28-40(35-51(53)61(52)55-26-14-15-31-57-55)62-39-27-29-43-44-22-10-12-24-48(44)59-33-32-58-56(59)47(43)34-39/h1-37H. The Morgan fingerprint density at radius 1 is 0.413 bits per heavy atom. The van der Waals surface area contributed by atoms with Crippen LogP contribution >= 0.6 is 0 Å². The van der Waals surface area contributed by atoms with Crippen molar-refractivity contribution in [3.63, 3.8) is 0 Å². The Balaban J connectivity index is 1.10. The lowest BCUT2D eigenvalue weighted by molar-refractivity contribution is 0.484. The van der Waals surface area contributed by atoms with Gasteiger partial charge in [-0.2, -0.15) is 0 Å². The first-order chi connectivity index (χ1) is 31.3. The van der Waals surface area contributed by atoms with Crippen LogP contribution in [0.4, 0.5) is 17.2 Å². The summed E-state index contributed by atoms with van der Waals surface area (Å²) >= 11 is 0. The zero-order chi connectivity index (χ0) is 41.5. The molecular formula is C56H37N5OSi. The smallest absolute Gasteiger partial charge is 0.184 e. The van der Waals surface area contributed by atoms with Crippen LogP contribution in [0.15, 0.2) is 225 Å². The molecule has 63 heavy (non-hydrogen) atoms. The van der Waals surface area contributed by atoms with E-state index in [9.17, 15) is 0 Å². The van der Waals surface area contributed by atoms with Crippen molar-refractivity contribution >= 4 is 95.1 Å². The molecule has 0 aliphatic carbocycles. The normalized spacial score (nSPS) is 13.2. The van der Waals surface area contributed by atoms with E-state index in [4.69, 9.17) is 14.7 Å². The quantitative estimate of drug-likeness (QED) is 0.124. The van der Waals surface area contributed by atoms with E-state index in [-0.39, 0.29) is 0 Å². The number of anilines is 3. The highest BCUT2D eigenvalue weighted by molar-refractivity contribution is 7.21. The molecule has 1 aliphatic heterocycles. The fraction of sp³-hybridized carbons (Fsp3) is 0. The Labute approximate surface area is 364 Å². The van der Waals surface area contributed by atoms with Gasteiger partial charge >= 0.3 is 0 Å². The van der Waals surface area contributed by atoms with E-state index in [2.05, 4.69) is 214 Å². The monoisotopic (exact) mass is 823 g/mol. The van der Waals surface area contributed by atoms with Crippen molar-refractivity contribution in [1.82, 2.24) is 18.9 Å². The van der Waals surface area contributed by atoms with Crippen molar-refractivity contribution in [2.45, 2.75) is 0 Å². The molecule has 0 amide bonds. The number of hydrogen-bond donors (Lipinski definition) is 0. The molecule has 0 N–H and O–H groups in total. The van der Waals surface area contributed by atoms with E-state index in [1.165, 1.54) is 47.9 Å². The van der Waals surface area contributed by atoms with E-state index in [0.29, 0.717) is 0 Å². The first-order valence-corrected chi connectivity index (χ1v) is 23.3. The number of benzene rings is 8. The minimum absolute atomic E-state index is 0.739. The zero-order valence-electron chi connectivity index (χ0n) is 34.0. The predicted molar refractivity (Wildman–Crippen MR) is 261 cm³/mol. The summed E-state index contributed by atoms with van der Waals surface area (Å²) in [5.41, 5.74) is 7.66. The maximum absolute atomic E-state index is 6.95. The molecule has 13 rings (SSSR count). The molecular weight excluding hydrogens is 787 g/mol. The van der Waals surface area contributed by atoms with Crippen molar-refractivity contribution in [3.05, 3.63) is 225 Å². The summed E-state index contributed by atoms with van der Waals surface area (Å²) in [6, 6.07) is 74.5. The first-order valence-electron chi connectivity index (χ1n) is 21.3. The summed E-state index contributed by atoms with van der Waals surface area (Å²) in [6.45, 7) is 0. The zero-order valence-corrected chi connectivity index (χ0v) is 35.0. The van der Waals surface area contributed by atoms with Gasteiger partial charge < -0.3 is 9.30 Å². The number of hydrogen-bond acceptors (Lipinski definition) is 4. The van der Waals surface area contributed by atoms with E-state index < -0.39 is 8.07 Å². The van der Waals surface area contributed by atoms with Gasteiger partial charge in [-0.1, -0.05) is 127 Å². The Hall–Kier alpha value is -8.26. The van der Waals surface area contributed by atoms with Crippen LogP contribution < -0.4 is 30.4 Å². The first kappa shape index (κ1) is 35.5. The van der Waals surface area contributed by atoms with Gasteiger partial charge in [-0.25, -0.2) is 9.97 Å². The molecule has 7 heteroatoms. The van der Waals surface area contributed by atoms with Gasteiger partial charge in [0.25, 0.3) is 0 Å². The summed E-state index contributed by atoms with van der Waals surface area (Å²) in [6.07, 6.45) is 5.78. The fourth-order valence-corrected chi connectivity index (χ4v) is 15.4. The van der Waals surface area contributed by atoms with Crippen molar-refractivity contribution in [1.29, 1.82) is 0 Å². The molecule has 0 radical (unpaired) electrons. The summed E-state index contributed by atoms with van der Waals surface area (Å²) in [4.78, 5) is 12.2. The lowest BCUT2D eigenvalue weighted by Crippen LogP contribution is -2.77. The molecule has 0 atom stereocenters. The highest BCUT2D eigenvalue weighted by Crippen LogP contribution is 2.43. The van der Waals surface area contributed by atoms with E-state index in [0.717, 1.165) is 56.3 Å². The molecule has 0 saturated heterocycles. The highest BCUT2D eigenvalue weighted by atomic mass is 28.3. The molecule has 0 spiro atoms. The molecule has 0 unspecified atom stereocenters. The van der Waals surface area contributed by atoms with Gasteiger partial charge in [0.15, 0.2) is 8.07 Å². The molecule has 296 valence electrons. The van der Waals surface area contributed by atoms with Crippen LogP contribution in [0.5, 0.6) is 11.5 Å². The molecule has 4 aromatic heterocycles. The number of nitrogens with zero attached hydrogens (tertiary/aromatic N) is 5. The second-order valence-corrected chi connectivity index (χ2v) is 19.9. The third-order valence-corrected chi connectivity index (χ3v) is 17.8. The average Bonchev–Trinajstić information content (AvgIpc) is 3.98. The summed E-state index contributed by atoms with van der Waals surface area (Å²) in [5, 5.41) is 10.9. The lowest BCUT2D eigenvalue weighted by Gasteiger charge is -2.44. The average molecular weight is 824 g/mol. The number of fused-ring (bicyclic) bond motifs is 11. The van der Waals surface area contributed by atoms with Gasteiger partial charge in [-0.05, 0) is 98.9 Å². The number of ether oxygens (including phenoxy) is 1. The molecule has 1 aliphatic rings. The Morgan fingerprint density at radius 3 is 1.79 bits per heavy atom. The number of aromatic nitrogens is 4. The molecule has 8 aromatic carbocycles. The van der Waals surface area contributed by atoms with Gasteiger partial charge in [0.05, 0.1) is 22.2 Å². The molecule has 0 saturated carbocycles. The number of imidazole rings is 1. The van der Waals surface area contributed by atoms with Crippen LogP contribution in [-0.4, -0.2) is 27.0 Å². The van der Waals surface area contributed by atoms with Crippen LogP contribution in [0.1, 0.15) is 0 Å². The van der Waals surface area contributed by atoms with Crippen LogP contribution in [0.25, 0.3) is 54.8 Å². The van der Waals surface area contributed by atoms with Gasteiger partial charge in [0, 0.05) is 57.6 Å². The Morgan fingerprint density at radius 2 is 1.05 bits per heavy atom. The van der Waals surface area contributed by atoms with Crippen molar-refractivity contribution < 1.29 is 4.74 Å². The largest absolute Gasteiger partial charge is 0.457 e. The molecule has 12 aromatic rings. The third-order valence-electron chi connectivity index (χ3n) is 12.9. The summed E-state index contributed by atoms with van der Waals surface area (Å²) in [5.74, 6) is 2.32. The summed E-state index contributed by atoms with van der Waals surface area (Å²) < 4.78 is 11.5. The fourth-order valence-electron chi connectivity index (χ4n) is 10.3. The van der Waals surface area contributed by atoms with Gasteiger partial charge in [0.1, 0.15) is 23.0 Å². The SMILES string of the molecule is c1ccc(-n2c3ccccc3c3cc4c(cc32)[Si](c2ccccc2)(c2ccccc2)c2ccc(Oc3ccc5c6ccccc6n6ccnc6c5c3)cc2N4c2ccccn2)cc1. The Kier molecular flexibility index (Phi) is 7.82. The number of para-hydroxylation sites is 3. The van der Waals surface area contributed by atoms with Crippen molar-refractivity contribution in [2.24, 2.45) is 0 Å². The minimum atomic E-state index is -3.09. The topological polar surface area (TPSA) is 47.6 Å². The van der Waals surface area contributed by atoms with Crippen molar-refractivity contribution in [3.8, 4) is 17.2 Å². The van der Waals surface area contributed by atoms with Gasteiger partial charge in [-0.3, -0.25) is 9.30 Å². The molecule has 0 fully saturated rings. The Bertz CT molecular complexity index is 3680. The van der Waals surface area contributed by atoms with E-state index in [1.807, 2.05) is 24.7 Å². The minimum Gasteiger partial charge on any atom is -0.457 e. The second kappa shape index (κ2) is 13.9. The number of pyridine rings is 2. The summed E-state index contributed by atoms with van der Waals surface area (Å²) in [7, 11) is -3.09.